The predicted molar refractivity (Wildman–Crippen MR) is 63.7 cm³/mol. The van der Waals surface area contributed by atoms with Crippen LogP contribution in [0, 0.1) is 0 Å². The second kappa shape index (κ2) is 4.21. The SMILES string of the molecule is O=C(Cl)c1ccc2ccc(CCl)cc2c1. The van der Waals surface area contributed by atoms with Gasteiger partial charge in [-0.2, -0.15) is 0 Å². The molecule has 0 spiro atoms. The summed E-state index contributed by atoms with van der Waals surface area (Å²) in [5.74, 6) is 0.467. The van der Waals surface area contributed by atoms with E-state index in [1.807, 2.05) is 24.3 Å². The van der Waals surface area contributed by atoms with Gasteiger partial charge in [0.1, 0.15) is 0 Å². The molecule has 0 heterocycles. The summed E-state index contributed by atoms with van der Waals surface area (Å²) in [6, 6.07) is 11.3. The zero-order valence-corrected chi connectivity index (χ0v) is 9.35. The van der Waals surface area contributed by atoms with E-state index in [1.54, 1.807) is 12.1 Å². The van der Waals surface area contributed by atoms with E-state index in [9.17, 15) is 4.79 Å². The molecule has 0 aliphatic carbocycles. The van der Waals surface area contributed by atoms with Crippen LogP contribution in [0.4, 0.5) is 0 Å². The fraction of sp³-hybridized carbons (Fsp3) is 0.0833. The molecular weight excluding hydrogens is 231 g/mol. The minimum absolute atomic E-state index is 0.437. The van der Waals surface area contributed by atoms with Crippen molar-refractivity contribution in [3.8, 4) is 0 Å². The highest BCUT2D eigenvalue weighted by molar-refractivity contribution is 6.67. The summed E-state index contributed by atoms with van der Waals surface area (Å²) < 4.78 is 0. The van der Waals surface area contributed by atoms with E-state index in [1.165, 1.54) is 0 Å². The Balaban J connectivity index is 2.62. The summed E-state index contributed by atoms with van der Waals surface area (Å²) in [5, 5.41) is 1.62. The molecule has 0 N–H and O–H groups in total. The second-order valence-corrected chi connectivity index (χ2v) is 3.91. The molecule has 2 aromatic carbocycles. The second-order valence-electron chi connectivity index (χ2n) is 3.30. The number of carbonyl (C=O) groups is 1. The molecule has 0 amide bonds. The highest BCUT2D eigenvalue weighted by atomic mass is 35.5. The number of halogens is 2. The van der Waals surface area contributed by atoms with Crippen molar-refractivity contribution in [2.45, 2.75) is 5.88 Å². The molecule has 0 radical (unpaired) electrons. The zero-order valence-electron chi connectivity index (χ0n) is 7.84. The summed E-state index contributed by atoms with van der Waals surface area (Å²) in [4.78, 5) is 11.0. The third-order valence-electron chi connectivity index (χ3n) is 2.29. The Hall–Kier alpha value is -1.05. The maximum Gasteiger partial charge on any atom is 0.252 e. The molecule has 3 heteroatoms. The van der Waals surface area contributed by atoms with Crippen LogP contribution in [-0.2, 0) is 5.88 Å². The Bertz CT molecular complexity index is 520. The zero-order chi connectivity index (χ0) is 10.8. The maximum atomic E-state index is 11.0. The van der Waals surface area contributed by atoms with Crippen molar-refractivity contribution < 1.29 is 4.79 Å². The molecule has 15 heavy (non-hydrogen) atoms. The summed E-state index contributed by atoms with van der Waals surface area (Å²) in [6.45, 7) is 0. The van der Waals surface area contributed by atoms with Crippen LogP contribution in [0.3, 0.4) is 0 Å². The van der Waals surface area contributed by atoms with Crippen molar-refractivity contribution in [3.63, 3.8) is 0 Å². The van der Waals surface area contributed by atoms with E-state index in [2.05, 4.69) is 0 Å². The normalized spacial score (nSPS) is 10.5. The lowest BCUT2D eigenvalue weighted by atomic mass is 10.1. The molecule has 0 atom stereocenters. The third kappa shape index (κ3) is 2.14. The molecule has 0 bridgehead atoms. The molecule has 0 aliphatic rings. The third-order valence-corrected chi connectivity index (χ3v) is 2.81. The molecule has 0 saturated carbocycles. The molecule has 0 aromatic heterocycles. The van der Waals surface area contributed by atoms with Crippen LogP contribution in [0.5, 0.6) is 0 Å². The summed E-state index contributed by atoms with van der Waals surface area (Å²) in [6.07, 6.45) is 0. The van der Waals surface area contributed by atoms with Crippen LogP contribution >= 0.6 is 23.2 Å². The Morgan fingerprint density at radius 3 is 2.47 bits per heavy atom. The fourth-order valence-corrected chi connectivity index (χ4v) is 1.79. The van der Waals surface area contributed by atoms with Crippen molar-refractivity contribution in [3.05, 3.63) is 47.5 Å². The van der Waals surface area contributed by atoms with E-state index in [4.69, 9.17) is 23.2 Å². The smallest absolute Gasteiger partial charge is 0.252 e. The summed E-state index contributed by atoms with van der Waals surface area (Å²) >= 11 is 11.1. The average Bonchev–Trinajstić information content (AvgIpc) is 2.27. The molecule has 0 unspecified atom stereocenters. The highest BCUT2D eigenvalue weighted by Gasteiger charge is 2.03. The van der Waals surface area contributed by atoms with Gasteiger partial charge in [0, 0.05) is 11.4 Å². The number of benzene rings is 2. The van der Waals surface area contributed by atoms with Gasteiger partial charge in [0.25, 0.3) is 5.24 Å². The molecule has 76 valence electrons. The fourth-order valence-electron chi connectivity index (χ4n) is 1.50. The van der Waals surface area contributed by atoms with Crippen molar-refractivity contribution in [1.82, 2.24) is 0 Å². The van der Waals surface area contributed by atoms with Crippen molar-refractivity contribution in [2.75, 3.05) is 0 Å². The molecule has 0 saturated heterocycles. The molecule has 2 aromatic rings. The van der Waals surface area contributed by atoms with Crippen molar-refractivity contribution >= 4 is 39.2 Å². The van der Waals surface area contributed by atoms with Crippen LogP contribution in [0.15, 0.2) is 36.4 Å². The lowest BCUT2D eigenvalue weighted by molar-refractivity contribution is 0.108. The quantitative estimate of drug-likeness (QED) is 0.572. The maximum absolute atomic E-state index is 11.0. The average molecular weight is 239 g/mol. The first-order chi connectivity index (χ1) is 7.20. The van der Waals surface area contributed by atoms with Gasteiger partial charge in [-0.05, 0) is 46.1 Å². The van der Waals surface area contributed by atoms with E-state index in [-0.39, 0.29) is 0 Å². The van der Waals surface area contributed by atoms with Crippen LogP contribution in [-0.4, -0.2) is 5.24 Å². The van der Waals surface area contributed by atoms with Gasteiger partial charge in [0.2, 0.25) is 0 Å². The number of hydrogen-bond donors (Lipinski definition) is 0. The van der Waals surface area contributed by atoms with E-state index >= 15 is 0 Å². The number of carbonyl (C=O) groups excluding carboxylic acids is 1. The first kappa shape index (κ1) is 10.5. The largest absolute Gasteiger partial charge is 0.276 e. The van der Waals surface area contributed by atoms with Crippen molar-refractivity contribution in [1.29, 1.82) is 0 Å². The number of alkyl halides is 1. The first-order valence-electron chi connectivity index (χ1n) is 4.49. The lowest BCUT2D eigenvalue weighted by Crippen LogP contribution is -1.88. The van der Waals surface area contributed by atoms with Crippen LogP contribution in [0.25, 0.3) is 10.8 Å². The molecule has 0 fully saturated rings. The minimum Gasteiger partial charge on any atom is -0.276 e. The van der Waals surface area contributed by atoms with Gasteiger partial charge in [-0.1, -0.05) is 18.2 Å². The van der Waals surface area contributed by atoms with E-state index in [0.717, 1.165) is 16.3 Å². The van der Waals surface area contributed by atoms with Crippen LogP contribution in [0.2, 0.25) is 0 Å². The lowest BCUT2D eigenvalue weighted by Gasteiger charge is -2.01. The highest BCUT2D eigenvalue weighted by Crippen LogP contribution is 2.19. The van der Waals surface area contributed by atoms with Crippen LogP contribution in [0.1, 0.15) is 15.9 Å². The molecule has 1 nitrogen and oxygen atoms in total. The van der Waals surface area contributed by atoms with Crippen LogP contribution < -0.4 is 0 Å². The Labute approximate surface area is 97.6 Å². The standard InChI is InChI=1S/C12H8Cl2O/c13-7-8-1-2-9-3-4-10(12(14)15)6-11(9)5-8/h1-6H,7H2. The van der Waals surface area contributed by atoms with Gasteiger partial charge in [0.05, 0.1) is 0 Å². The van der Waals surface area contributed by atoms with E-state index in [0.29, 0.717) is 11.4 Å². The van der Waals surface area contributed by atoms with Gasteiger partial charge in [-0.3, -0.25) is 4.79 Å². The van der Waals surface area contributed by atoms with Gasteiger partial charge in [-0.15, -0.1) is 11.6 Å². The molecular formula is C12H8Cl2O. The molecule has 0 aliphatic heterocycles. The van der Waals surface area contributed by atoms with Gasteiger partial charge < -0.3 is 0 Å². The van der Waals surface area contributed by atoms with Gasteiger partial charge >= 0.3 is 0 Å². The Morgan fingerprint density at radius 1 is 1.07 bits per heavy atom. The Morgan fingerprint density at radius 2 is 1.80 bits per heavy atom. The Kier molecular flexibility index (Phi) is 2.94. The first-order valence-corrected chi connectivity index (χ1v) is 5.40. The molecule has 2 rings (SSSR count). The summed E-state index contributed by atoms with van der Waals surface area (Å²) in [5.41, 5.74) is 1.54. The van der Waals surface area contributed by atoms with E-state index < -0.39 is 5.24 Å². The van der Waals surface area contributed by atoms with Crippen molar-refractivity contribution in [2.24, 2.45) is 0 Å². The monoisotopic (exact) mass is 238 g/mol. The summed E-state index contributed by atoms with van der Waals surface area (Å²) in [7, 11) is 0. The number of rotatable bonds is 2. The minimum atomic E-state index is -0.437. The number of hydrogen-bond acceptors (Lipinski definition) is 1. The van der Waals surface area contributed by atoms with Gasteiger partial charge in [0.15, 0.2) is 0 Å². The topological polar surface area (TPSA) is 17.1 Å². The number of fused-ring (bicyclic) bond motifs is 1. The predicted octanol–water partition coefficient (Wildman–Crippen LogP) is 3.96. The van der Waals surface area contributed by atoms with Gasteiger partial charge in [-0.25, -0.2) is 0 Å².